The Balaban J connectivity index is 0.000000128. The number of pyridine rings is 6. The molecule has 17 nitrogen and oxygen atoms in total. The Morgan fingerprint density at radius 3 is 2.11 bits per heavy atom. The second-order valence-electron chi connectivity index (χ2n) is 15.4. The van der Waals surface area contributed by atoms with E-state index < -0.39 is 0 Å². The van der Waals surface area contributed by atoms with E-state index in [1.807, 2.05) is 44.3 Å². The minimum absolute atomic E-state index is 0.0467. The number of nitrogens with one attached hydrogen (secondary N) is 1. The summed E-state index contributed by atoms with van der Waals surface area (Å²) >= 11 is 0. The smallest absolute Gasteiger partial charge is 0.329 e. The quantitative estimate of drug-likeness (QED) is 0.238. The van der Waals surface area contributed by atoms with Crippen molar-refractivity contribution in [2.24, 2.45) is 4.99 Å². The summed E-state index contributed by atoms with van der Waals surface area (Å²) in [7, 11) is 0. The molecule has 4 aliphatic heterocycles. The molecule has 2 saturated heterocycles. The Morgan fingerprint density at radius 1 is 0.710 bits per heavy atom. The summed E-state index contributed by atoms with van der Waals surface area (Å²) in [6.07, 6.45) is 15.3. The number of fused-ring (bicyclic) bond motifs is 9. The van der Waals surface area contributed by atoms with Crippen molar-refractivity contribution in [2.75, 3.05) is 47.0 Å². The number of aromatic nitrogens is 10. The van der Waals surface area contributed by atoms with E-state index in [0.29, 0.717) is 40.0 Å². The van der Waals surface area contributed by atoms with Crippen LogP contribution in [-0.4, -0.2) is 94.1 Å². The Morgan fingerprint density at radius 2 is 1.37 bits per heavy atom. The molecule has 0 aliphatic carbocycles. The lowest BCUT2D eigenvalue weighted by molar-refractivity contribution is 0.254. The van der Waals surface area contributed by atoms with Crippen LogP contribution in [0.15, 0.2) is 115 Å². The zero-order valence-corrected chi connectivity index (χ0v) is 34.0. The lowest BCUT2D eigenvalue weighted by Gasteiger charge is -2.35. The summed E-state index contributed by atoms with van der Waals surface area (Å²) in [6, 6.07) is 20.1. The highest BCUT2D eigenvalue weighted by molar-refractivity contribution is 6.07. The number of amides is 2. The number of urea groups is 1. The number of hydrogen-bond acceptors (Lipinski definition) is 14. The van der Waals surface area contributed by atoms with Crippen LogP contribution in [0.25, 0.3) is 44.6 Å². The summed E-state index contributed by atoms with van der Waals surface area (Å²) < 4.78 is 2.39. The third kappa shape index (κ3) is 7.55. The average molecular weight is 822 g/mol. The van der Waals surface area contributed by atoms with Crippen LogP contribution < -0.4 is 36.3 Å². The molecule has 17 heteroatoms. The minimum atomic E-state index is -0.265. The van der Waals surface area contributed by atoms with Crippen molar-refractivity contribution in [1.82, 2.24) is 54.4 Å². The summed E-state index contributed by atoms with van der Waals surface area (Å²) in [5.74, 6) is 1.48. The van der Waals surface area contributed by atoms with Crippen LogP contribution in [0, 0.1) is 13.8 Å². The monoisotopic (exact) mass is 821 g/mol. The number of nitrogen functional groups attached to an aromatic ring is 1. The Labute approximate surface area is 355 Å². The number of hydrogen-bond donors (Lipinski definition) is 2. The largest absolute Gasteiger partial charge is 0.382 e. The standard InChI is InChI=1S/C23H20N8O.C15H15N4.C7H6N4/c1-14-12-15(4-7-24-14)17-2-3-19-22(28-17)31(16-6-11-30(19)13-16)23(32)29-21-20-18(5-8-27-21)25-9-10-26-20;1-10-8-11(4-6-16-10)13-2-3-14-15(18-13)17-12-5-7-19(14)9-12;8-7-6-5(1-2-11-7)9-3-4-10-6/h2-5,7-10,12,16H,6,11,13H2,1H3,(H,27,29,32);2-4,6,8,12H,5,7,9H2,1H3;1-4H,(H2,8,11)/q;+1;/t16-;12-;/m00./s1. The molecular formula is C45H41N16O+. The van der Waals surface area contributed by atoms with E-state index in [9.17, 15) is 4.79 Å². The van der Waals surface area contributed by atoms with Crippen molar-refractivity contribution in [3.8, 4) is 22.5 Å². The van der Waals surface area contributed by atoms with Crippen LogP contribution in [0.5, 0.6) is 0 Å². The molecule has 2 atom stereocenters. The molecule has 62 heavy (non-hydrogen) atoms. The Bertz CT molecular complexity index is 3130. The van der Waals surface area contributed by atoms with Gasteiger partial charge in [0.25, 0.3) is 0 Å². The van der Waals surface area contributed by atoms with E-state index in [-0.39, 0.29) is 12.1 Å². The molecule has 0 radical (unpaired) electrons. The van der Waals surface area contributed by atoms with Gasteiger partial charge in [-0.2, -0.15) is 0 Å². The van der Waals surface area contributed by atoms with Crippen LogP contribution in [0.1, 0.15) is 24.2 Å². The third-order valence-electron chi connectivity index (χ3n) is 11.2. The first-order chi connectivity index (χ1) is 30.3. The van der Waals surface area contributed by atoms with Gasteiger partial charge in [0.15, 0.2) is 24.0 Å². The fourth-order valence-corrected chi connectivity index (χ4v) is 8.29. The molecule has 306 valence electrons. The van der Waals surface area contributed by atoms with Gasteiger partial charge in [-0.25, -0.2) is 39.3 Å². The second kappa shape index (κ2) is 16.2. The van der Waals surface area contributed by atoms with Crippen LogP contribution in [0.3, 0.4) is 0 Å². The molecular weight excluding hydrogens is 781 g/mol. The molecule has 2 amide bonds. The van der Waals surface area contributed by atoms with E-state index in [1.165, 1.54) is 5.36 Å². The molecule has 4 bridgehead atoms. The zero-order valence-electron chi connectivity index (χ0n) is 34.0. The normalized spacial score (nSPS) is 16.6. The molecule has 8 aromatic rings. The van der Waals surface area contributed by atoms with Gasteiger partial charge in [-0.3, -0.25) is 35.1 Å². The lowest BCUT2D eigenvalue weighted by Crippen LogP contribution is -2.48. The van der Waals surface area contributed by atoms with Gasteiger partial charge in [-0.05, 0) is 74.9 Å². The predicted octanol–water partition coefficient (Wildman–Crippen LogP) is 4.38. The van der Waals surface area contributed by atoms with Crippen LogP contribution in [0.2, 0.25) is 0 Å². The molecule has 3 N–H and O–H groups in total. The first-order valence-electron chi connectivity index (χ1n) is 20.4. The molecule has 12 heterocycles. The van der Waals surface area contributed by atoms with Crippen LogP contribution in [0.4, 0.5) is 27.9 Å². The topological polar surface area (TPSA) is 206 Å². The van der Waals surface area contributed by atoms with Gasteiger partial charge in [-0.15, -0.1) is 0 Å². The Hall–Kier alpha value is -7.95. The first-order valence-corrected chi connectivity index (χ1v) is 20.4. The average Bonchev–Trinajstić information content (AvgIpc) is 3.90. The van der Waals surface area contributed by atoms with Crippen molar-refractivity contribution >= 4 is 51.2 Å². The van der Waals surface area contributed by atoms with Crippen molar-refractivity contribution in [3.63, 3.8) is 0 Å². The van der Waals surface area contributed by atoms with Gasteiger partial charge in [0.05, 0.1) is 34.2 Å². The van der Waals surface area contributed by atoms with E-state index in [1.54, 1.807) is 60.4 Å². The van der Waals surface area contributed by atoms with Gasteiger partial charge in [0.2, 0.25) is 10.8 Å². The maximum absolute atomic E-state index is 13.5. The summed E-state index contributed by atoms with van der Waals surface area (Å²) in [6.45, 7) is 7.80. The first kappa shape index (κ1) is 38.3. The highest BCUT2D eigenvalue weighted by atomic mass is 16.2. The molecule has 12 rings (SSSR count). The maximum Gasteiger partial charge on any atom is 0.329 e. The zero-order chi connectivity index (χ0) is 42.2. The van der Waals surface area contributed by atoms with Gasteiger partial charge >= 0.3 is 6.03 Å². The van der Waals surface area contributed by atoms with Crippen molar-refractivity contribution in [3.05, 3.63) is 132 Å². The molecule has 4 aliphatic rings. The van der Waals surface area contributed by atoms with E-state index >= 15 is 0 Å². The van der Waals surface area contributed by atoms with Gasteiger partial charge in [0, 0.05) is 97.7 Å². The molecule has 0 spiro atoms. The van der Waals surface area contributed by atoms with Crippen LogP contribution >= 0.6 is 0 Å². The van der Waals surface area contributed by atoms with Gasteiger partial charge < -0.3 is 10.6 Å². The number of carbonyl (C=O) groups is 1. The second-order valence-corrected chi connectivity index (χ2v) is 15.4. The maximum atomic E-state index is 13.5. The SMILES string of the molecule is Cc1cc(-c2ccc3c(n2)=N[C@H]2CC[N+]=3C2)ccn1.Cc1cc(-c2ccc3c(n2)N(C(=O)Nc2nccc4nccnc24)[C@H]2CCN3C2)ccn1.Nc1nccc2nccnc12. The van der Waals surface area contributed by atoms with Crippen molar-refractivity contribution in [1.29, 1.82) is 0 Å². The van der Waals surface area contributed by atoms with Crippen molar-refractivity contribution in [2.45, 2.75) is 38.8 Å². The van der Waals surface area contributed by atoms with Crippen molar-refractivity contribution < 1.29 is 4.79 Å². The molecule has 8 aromatic heterocycles. The lowest BCUT2D eigenvalue weighted by atomic mass is 10.1. The molecule has 0 saturated carbocycles. The number of rotatable bonds is 3. The number of nitrogens with two attached hydrogens (primary N) is 1. The van der Waals surface area contributed by atoms with E-state index in [0.717, 1.165) is 89.6 Å². The van der Waals surface area contributed by atoms with Gasteiger partial charge in [0.1, 0.15) is 23.6 Å². The van der Waals surface area contributed by atoms with E-state index in [2.05, 4.69) is 78.9 Å². The fourth-order valence-electron chi connectivity index (χ4n) is 8.29. The Kier molecular flexibility index (Phi) is 10.0. The summed E-state index contributed by atoms with van der Waals surface area (Å²) in [4.78, 5) is 65.4. The predicted molar refractivity (Wildman–Crippen MR) is 236 cm³/mol. The van der Waals surface area contributed by atoms with Gasteiger partial charge in [-0.1, -0.05) is 0 Å². The third-order valence-corrected chi connectivity index (χ3v) is 11.2. The fraction of sp³-hybridized carbons (Fsp3) is 0.222. The molecule has 2 fully saturated rings. The number of aryl methyl sites for hydroxylation is 2. The highest BCUT2D eigenvalue weighted by Crippen LogP contribution is 2.40. The minimum Gasteiger partial charge on any atom is -0.382 e. The number of carbonyl (C=O) groups excluding carboxylic acids is 1. The van der Waals surface area contributed by atoms with Crippen LogP contribution in [-0.2, 0) is 0 Å². The molecule has 0 aromatic carbocycles. The number of nitrogens with zero attached hydrogens (tertiary/aromatic N) is 14. The highest BCUT2D eigenvalue weighted by Gasteiger charge is 2.40. The molecule has 0 unspecified atom stereocenters. The summed E-state index contributed by atoms with van der Waals surface area (Å²) in [5.41, 5.74) is 15.9. The van der Waals surface area contributed by atoms with E-state index in [4.69, 9.17) is 20.7 Å². The summed E-state index contributed by atoms with van der Waals surface area (Å²) in [5, 5.41) is 4.14. The number of anilines is 4.